The Kier molecular flexibility index (Phi) is 5.35. The van der Waals surface area contributed by atoms with Crippen LogP contribution in [-0.2, 0) is 10.4 Å². The van der Waals surface area contributed by atoms with E-state index in [1.807, 2.05) is 0 Å². The average Bonchev–Trinajstić information content (AvgIpc) is 2.76. The van der Waals surface area contributed by atoms with Gasteiger partial charge in [0.1, 0.15) is 5.01 Å². The van der Waals surface area contributed by atoms with Crippen LogP contribution >= 0.6 is 11.3 Å². The Hall–Kier alpha value is -1.15. The molecule has 23 heavy (non-hydrogen) atoms. The van der Waals surface area contributed by atoms with Crippen LogP contribution in [0.5, 0.6) is 0 Å². The second-order valence-corrected chi connectivity index (χ2v) is 7.10. The van der Waals surface area contributed by atoms with E-state index >= 15 is 0 Å². The molecule has 0 radical (unpaired) electrons. The molecule has 0 bridgehead atoms. The van der Waals surface area contributed by atoms with Crippen LogP contribution in [0, 0.1) is 12.8 Å². The Morgan fingerprint density at radius 1 is 1.43 bits per heavy atom. The maximum absolute atomic E-state index is 13.4. The molecule has 2 atom stereocenters. The van der Waals surface area contributed by atoms with Crippen molar-refractivity contribution in [2.45, 2.75) is 51.3 Å². The zero-order chi connectivity index (χ0) is 17.3. The number of halogens is 3. The van der Waals surface area contributed by atoms with E-state index in [-0.39, 0.29) is 0 Å². The molecule has 0 aromatic carbocycles. The highest BCUT2D eigenvalue weighted by atomic mass is 32.1. The van der Waals surface area contributed by atoms with Crippen LogP contribution in [0.25, 0.3) is 0 Å². The molecule has 0 saturated carbocycles. The van der Waals surface area contributed by atoms with Crippen LogP contribution in [-0.4, -0.2) is 40.2 Å². The lowest BCUT2D eigenvalue weighted by molar-refractivity contribution is -0.268. The van der Waals surface area contributed by atoms with Gasteiger partial charge in [-0.3, -0.25) is 4.79 Å². The molecule has 130 valence electrons. The number of alkyl halides is 3. The van der Waals surface area contributed by atoms with Gasteiger partial charge in [-0.1, -0.05) is 6.92 Å². The number of nitrogens with zero attached hydrogens (tertiary/aromatic N) is 2. The monoisotopic (exact) mass is 350 g/mol. The van der Waals surface area contributed by atoms with Crippen LogP contribution in [0.2, 0.25) is 0 Å². The van der Waals surface area contributed by atoms with E-state index < -0.39 is 29.1 Å². The number of aliphatic hydroxyl groups is 1. The summed E-state index contributed by atoms with van der Waals surface area (Å²) in [5.74, 6) is -0.220. The fraction of sp³-hybridized carbons (Fsp3) is 0.733. The van der Waals surface area contributed by atoms with Crippen LogP contribution < -0.4 is 0 Å². The fourth-order valence-corrected chi connectivity index (χ4v) is 3.60. The predicted octanol–water partition coefficient (Wildman–Crippen LogP) is 3.24. The van der Waals surface area contributed by atoms with E-state index in [1.54, 1.807) is 6.92 Å². The molecule has 4 nitrogen and oxygen atoms in total. The van der Waals surface area contributed by atoms with E-state index in [0.717, 1.165) is 30.6 Å². The highest BCUT2D eigenvalue weighted by molar-refractivity contribution is 7.09. The molecule has 1 saturated heterocycles. The number of carbonyl (C=O) groups is 1. The van der Waals surface area contributed by atoms with Crippen LogP contribution in [0.1, 0.15) is 43.3 Å². The van der Waals surface area contributed by atoms with E-state index in [0.29, 0.717) is 24.7 Å². The highest BCUT2D eigenvalue weighted by Gasteiger charge is 2.58. The van der Waals surface area contributed by atoms with Gasteiger partial charge in [0.05, 0.1) is 6.42 Å². The number of aryl methyl sites for hydroxylation is 1. The smallest absolute Gasteiger partial charge is 0.374 e. The molecule has 1 aromatic rings. The zero-order valence-corrected chi connectivity index (χ0v) is 14.0. The number of amides is 1. The average molecular weight is 350 g/mol. The topological polar surface area (TPSA) is 53.4 Å². The first-order chi connectivity index (χ1) is 10.6. The summed E-state index contributed by atoms with van der Waals surface area (Å²) >= 11 is 0.725. The molecular formula is C15H21F3N2O2S. The van der Waals surface area contributed by atoms with Gasteiger partial charge >= 0.3 is 6.18 Å². The Morgan fingerprint density at radius 2 is 2.13 bits per heavy atom. The van der Waals surface area contributed by atoms with Crippen molar-refractivity contribution in [2.24, 2.45) is 5.92 Å². The van der Waals surface area contributed by atoms with Gasteiger partial charge in [-0.05, 0) is 32.1 Å². The van der Waals surface area contributed by atoms with Crippen molar-refractivity contribution in [1.29, 1.82) is 0 Å². The van der Waals surface area contributed by atoms with Crippen molar-refractivity contribution in [3.63, 3.8) is 0 Å². The number of rotatable bonds is 3. The van der Waals surface area contributed by atoms with Crippen molar-refractivity contribution in [3.05, 3.63) is 16.1 Å². The van der Waals surface area contributed by atoms with Crippen LogP contribution in [0.4, 0.5) is 13.2 Å². The summed E-state index contributed by atoms with van der Waals surface area (Å²) in [5.41, 5.74) is -2.83. The zero-order valence-electron chi connectivity index (χ0n) is 13.2. The third-order valence-electron chi connectivity index (χ3n) is 4.22. The SMILES string of the molecule is Cc1csc([C@@](O)(CC(=O)N2CCC[C@@H](C)CC2)C(F)(F)F)n1. The van der Waals surface area contributed by atoms with Crippen molar-refractivity contribution in [2.75, 3.05) is 13.1 Å². The first-order valence-electron chi connectivity index (χ1n) is 7.63. The number of likely N-dealkylation sites (tertiary alicyclic amines) is 1. The van der Waals surface area contributed by atoms with Crippen molar-refractivity contribution < 1.29 is 23.1 Å². The lowest BCUT2D eigenvalue weighted by Gasteiger charge is -2.30. The first kappa shape index (κ1) is 18.2. The minimum atomic E-state index is -4.95. The van der Waals surface area contributed by atoms with E-state index in [4.69, 9.17) is 0 Å². The number of carbonyl (C=O) groups excluding carboxylic acids is 1. The lowest BCUT2D eigenvalue weighted by Crippen LogP contribution is -2.47. The van der Waals surface area contributed by atoms with Gasteiger partial charge in [0.2, 0.25) is 11.5 Å². The van der Waals surface area contributed by atoms with Crippen LogP contribution in [0.3, 0.4) is 0 Å². The molecule has 2 heterocycles. The molecule has 2 rings (SSSR count). The molecule has 1 N–H and O–H groups in total. The molecule has 0 unspecified atom stereocenters. The molecule has 1 amide bonds. The van der Waals surface area contributed by atoms with Crippen molar-refractivity contribution >= 4 is 17.2 Å². The van der Waals surface area contributed by atoms with E-state index in [1.165, 1.54) is 10.3 Å². The minimum absolute atomic E-state index is 0.392. The summed E-state index contributed by atoms with van der Waals surface area (Å²) in [6.07, 6.45) is -3.47. The third kappa shape index (κ3) is 4.03. The number of hydrogen-bond donors (Lipinski definition) is 1. The lowest BCUT2D eigenvalue weighted by atomic mass is 9.98. The molecule has 1 aliphatic heterocycles. The second kappa shape index (κ2) is 6.76. The van der Waals surface area contributed by atoms with Gasteiger partial charge in [0.15, 0.2) is 0 Å². The second-order valence-electron chi connectivity index (χ2n) is 6.25. The van der Waals surface area contributed by atoms with Gasteiger partial charge < -0.3 is 10.0 Å². The van der Waals surface area contributed by atoms with Crippen molar-refractivity contribution in [1.82, 2.24) is 9.88 Å². The number of aromatic nitrogens is 1. The quantitative estimate of drug-likeness (QED) is 0.910. The predicted molar refractivity (Wildman–Crippen MR) is 81.0 cm³/mol. The van der Waals surface area contributed by atoms with E-state index in [2.05, 4.69) is 11.9 Å². The van der Waals surface area contributed by atoms with Gasteiger partial charge in [-0.25, -0.2) is 4.98 Å². The summed E-state index contributed by atoms with van der Waals surface area (Å²) in [6, 6.07) is 0. The normalized spacial score (nSPS) is 22.5. The molecule has 0 aliphatic carbocycles. The highest BCUT2D eigenvalue weighted by Crippen LogP contribution is 2.43. The van der Waals surface area contributed by atoms with Crippen LogP contribution in [0.15, 0.2) is 5.38 Å². The standard InChI is InChI=1S/C15H21F3N2O2S/c1-10-4-3-6-20(7-5-10)12(21)8-14(22,15(16,17)18)13-19-11(2)9-23-13/h9-10,22H,3-8H2,1-2H3/t10-,14+/m1/s1. The summed E-state index contributed by atoms with van der Waals surface area (Å²) in [5, 5.41) is 11.2. The largest absolute Gasteiger partial charge is 0.424 e. The third-order valence-corrected chi connectivity index (χ3v) is 5.33. The molecule has 1 aromatic heterocycles. The summed E-state index contributed by atoms with van der Waals surface area (Å²) in [7, 11) is 0. The van der Waals surface area contributed by atoms with Gasteiger partial charge in [0.25, 0.3) is 0 Å². The minimum Gasteiger partial charge on any atom is -0.374 e. The van der Waals surface area contributed by atoms with Gasteiger partial charge in [-0.15, -0.1) is 11.3 Å². The Labute approximate surface area is 137 Å². The fourth-order valence-electron chi connectivity index (χ4n) is 2.68. The Bertz CT molecular complexity index is 561. The summed E-state index contributed by atoms with van der Waals surface area (Å²) < 4.78 is 40.2. The maximum atomic E-state index is 13.4. The van der Waals surface area contributed by atoms with E-state index in [9.17, 15) is 23.1 Å². The summed E-state index contributed by atoms with van der Waals surface area (Å²) in [6.45, 7) is 4.49. The molecule has 8 heteroatoms. The number of hydrogen-bond acceptors (Lipinski definition) is 4. The molecule has 1 fully saturated rings. The maximum Gasteiger partial charge on any atom is 0.424 e. The van der Waals surface area contributed by atoms with Gasteiger partial charge in [0, 0.05) is 24.2 Å². The summed E-state index contributed by atoms with van der Waals surface area (Å²) in [4.78, 5) is 17.5. The molecular weight excluding hydrogens is 329 g/mol. The first-order valence-corrected chi connectivity index (χ1v) is 8.51. The van der Waals surface area contributed by atoms with Crippen molar-refractivity contribution in [3.8, 4) is 0 Å². The van der Waals surface area contributed by atoms with Gasteiger partial charge in [-0.2, -0.15) is 13.2 Å². The molecule has 0 spiro atoms. The Balaban J connectivity index is 2.19. The Morgan fingerprint density at radius 3 is 2.70 bits per heavy atom. The number of thiazole rings is 1. The molecule has 1 aliphatic rings.